The lowest BCUT2D eigenvalue weighted by molar-refractivity contribution is 1.60. The van der Waals surface area contributed by atoms with E-state index in [1.807, 2.05) is 0 Å². The molecule has 2 heteroatoms. The molecule has 1 aliphatic carbocycles. The Labute approximate surface area is 215 Å². The van der Waals surface area contributed by atoms with Crippen molar-refractivity contribution in [1.29, 1.82) is 0 Å². The van der Waals surface area contributed by atoms with Gasteiger partial charge < -0.3 is 0 Å². The molecular weight excluding hydrogens is 544 g/mol. The SMILES string of the molecule is Brc1ccc(-c2c3c(c(-c4ccccc4)c4ccccc24)-c2cccc4c(Br)ccc-3c24)cc1. The summed E-state index contributed by atoms with van der Waals surface area (Å²) in [4.78, 5) is 0. The second kappa shape index (κ2) is 7.66. The van der Waals surface area contributed by atoms with E-state index in [4.69, 9.17) is 0 Å². The number of benzene rings is 6. The lowest BCUT2D eigenvalue weighted by Crippen LogP contribution is -1.93. The van der Waals surface area contributed by atoms with E-state index in [-0.39, 0.29) is 0 Å². The fraction of sp³-hybridized carbons (Fsp3) is 0. The molecule has 6 aromatic rings. The molecule has 1 aliphatic rings. The van der Waals surface area contributed by atoms with Crippen LogP contribution in [0.4, 0.5) is 0 Å². The fourth-order valence-electron chi connectivity index (χ4n) is 5.59. The Morgan fingerprint density at radius 3 is 1.62 bits per heavy atom. The monoisotopic (exact) mass is 560 g/mol. The number of rotatable bonds is 2. The van der Waals surface area contributed by atoms with Crippen molar-refractivity contribution in [2.24, 2.45) is 0 Å². The van der Waals surface area contributed by atoms with Gasteiger partial charge in [-0.2, -0.15) is 0 Å². The Kier molecular flexibility index (Phi) is 4.55. The van der Waals surface area contributed by atoms with Crippen molar-refractivity contribution in [3.8, 4) is 44.5 Å². The molecule has 0 radical (unpaired) electrons. The van der Waals surface area contributed by atoms with Crippen LogP contribution in [0.2, 0.25) is 0 Å². The van der Waals surface area contributed by atoms with Crippen LogP contribution in [0.3, 0.4) is 0 Å². The van der Waals surface area contributed by atoms with Crippen LogP contribution in [0.15, 0.2) is 118 Å². The van der Waals surface area contributed by atoms with E-state index in [0.717, 1.165) is 8.95 Å². The molecule has 160 valence electrons. The van der Waals surface area contributed by atoms with Crippen molar-refractivity contribution in [3.05, 3.63) is 118 Å². The van der Waals surface area contributed by atoms with Crippen LogP contribution in [0.1, 0.15) is 0 Å². The van der Waals surface area contributed by atoms with Gasteiger partial charge in [-0.3, -0.25) is 0 Å². The lowest BCUT2D eigenvalue weighted by atomic mass is 9.82. The van der Waals surface area contributed by atoms with Crippen LogP contribution in [0.25, 0.3) is 66.1 Å². The van der Waals surface area contributed by atoms with Crippen LogP contribution in [-0.2, 0) is 0 Å². The van der Waals surface area contributed by atoms with Gasteiger partial charge in [0.25, 0.3) is 0 Å². The van der Waals surface area contributed by atoms with Crippen LogP contribution >= 0.6 is 31.9 Å². The molecule has 6 aromatic carbocycles. The van der Waals surface area contributed by atoms with Crippen LogP contribution in [0, 0.1) is 0 Å². The standard InChI is InChI=1S/C32H18Br2/c33-21-15-13-20(14-16-21)29-23-10-5-4-9-22(23)28(19-7-2-1-3-8-19)31-25-12-6-11-24-27(34)18-17-26(30(24)25)32(29)31/h1-18H. The summed E-state index contributed by atoms with van der Waals surface area (Å²) in [6, 6.07) is 39.6. The highest BCUT2D eigenvalue weighted by Crippen LogP contribution is 2.58. The van der Waals surface area contributed by atoms with Crippen LogP contribution < -0.4 is 0 Å². The van der Waals surface area contributed by atoms with Crippen molar-refractivity contribution >= 4 is 53.4 Å². The van der Waals surface area contributed by atoms with Gasteiger partial charge in [0.2, 0.25) is 0 Å². The molecule has 0 saturated carbocycles. The van der Waals surface area contributed by atoms with Gasteiger partial charge in [-0.05, 0) is 84.3 Å². The average molecular weight is 562 g/mol. The highest BCUT2D eigenvalue weighted by atomic mass is 79.9. The van der Waals surface area contributed by atoms with Gasteiger partial charge in [-0.15, -0.1) is 0 Å². The lowest BCUT2D eigenvalue weighted by Gasteiger charge is -2.20. The molecule has 0 aliphatic heterocycles. The summed E-state index contributed by atoms with van der Waals surface area (Å²) in [5, 5.41) is 5.16. The topological polar surface area (TPSA) is 0 Å². The smallest absolute Gasteiger partial charge is 0.0254 e. The molecule has 7 rings (SSSR count). The highest BCUT2D eigenvalue weighted by Gasteiger charge is 2.30. The normalized spacial score (nSPS) is 11.8. The first-order valence-corrected chi connectivity index (χ1v) is 12.9. The maximum atomic E-state index is 3.81. The number of hydrogen-bond donors (Lipinski definition) is 0. The van der Waals surface area contributed by atoms with E-state index in [9.17, 15) is 0 Å². The molecule has 0 nitrogen and oxygen atoms in total. The van der Waals surface area contributed by atoms with Gasteiger partial charge in [-0.1, -0.05) is 123 Å². The summed E-state index contributed by atoms with van der Waals surface area (Å²) in [5.74, 6) is 0. The largest absolute Gasteiger partial charge is 0.0622 e. The van der Waals surface area contributed by atoms with E-state index < -0.39 is 0 Å². The van der Waals surface area contributed by atoms with Crippen molar-refractivity contribution in [2.45, 2.75) is 0 Å². The predicted molar refractivity (Wildman–Crippen MR) is 152 cm³/mol. The minimum Gasteiger partial charge on any atom is -0.0622 e. The summed E-state index contributed by atoms with van der Waals surface area (Å²) in [5.41, 5.74) is 10.4. The summed E-state index contributed by atoms with van der Waals surface area (Å²) >= 11 is 7.43. The van der Waals surface area contributed by atoms with Crippen molar-refractivity contribution < 1.29 is 0 Å². The minimum atomic E-state index is 1.09. The van der Waals surface area contributed by atoms with Gasteiger partial charge in [0.1, 0.15) is 0 Å². The molecule has 0 fully saturated rings. The second-order valence-electron chi connectivity index (χ2n) is 8.74. The first-order valence-electron chi connectivity index (χ1n) is 11.3. The average Bonchev–Trinajstić information content (AvgIpc) is 3.21. The Morgan fingerprint density at radius 2 is 0.941 bits per heavy atom. The first-order chi connectivity index (χ1) is 16.7. The van der Waals surface area contributed by atoms with E-state index in [1.165, 1.54) is 66.1 Å². The zero-order valence-corrected chi connectivity index (χ0v) is 21.3. The Balaban J connectivity index is 1.76. The van der Waals surface area contributed by atoms with Crippen LogP contribution in [0.5, 0.6) is 0 Å². The highest BCUT2D eigenvalue weighted by molar-refractivity contribution is 9.11. The molecular formula is C32H18Br2. The molecule has 0 aromatic heterocycles. The minimum absolute atomic E-state index is 1.09. The van der Waals surface area contributed by atoms with Crippen molar-refractivity contribution in [2.75, 3.05) is 0 Å². The number of hydrogen-bond acceptors (Lipinski definition) is 0. The number of halogens is 2. The molecule has 0 saturated heterocycles. The maximum Gasteiger partial charge on any atom is 0.0254 e. The summed E-state index contributed by atoms with van der Waals surface area (Å²) < 4.78 is 2.23. The first kappa shape index (κ1) is 20.2. The third-order valence-electron chi connectivity index (χ3n) is 6.94. The molecule has 0 amide bonds. The summed E-state index contributed by atoms with van der Waals surface area (Å²) in [6.07, 6.45) is 0. The van der Waals surface area contributed by atoms with Gasteiger partial charge in [0.15, 0.2) is 0 Å². The van der Waals surface area contributed by atoms with E-state index >= 15 is 0 Å². The zero-order valence-electron chi connectivity index (χ0n) is 18.1. The summed E-state index contributed by atoms with van der Waals surface area (Å²) in [6.45, 7) is 0. The predicted octanol–water partition coefficient (Wildman–Crippen LogP) is 10.5. The molecule has 0 heterocycles. The molecule has 0 N–H and O–H groups in total. The van der Waals surface area contributed by atoms with E-state index in [1.54, 1.807) is 0 Å². The molecule has 34 heavy (non-hydrogen) atoms. The Bertz CT molecular complexity index is 1750. The maximum absolute atomic E-state index is 3.81. The molecule has 0 spiro atoms. The van der Waals surface area contributed by atoms with Crippen molar-refractivity contribution in [3.63, 3.8) is 0 Å². The van der Waals surface area contributed by atoms with E-state index in [0.29, 0.717) is 0 Å². The van der Waals surface area contributed by atoms with Gasteiger partial charge in [0, 0.05) is 8.95 Å². The molecule has 0 atom stereocenters. The second-order valence-corrected chi connectivity index (χ2v) is 10.5. The van der Waals surface area contributed by atoms with Crippen molar-refractivity contribution in [1.82, 2.24) is 0 Å². The zero-order chi connectivity index (χ0) is 22.8. The fourth-order valence-corrected chi connectivity index (χ4v) is 6.31. The third kappa shape index (κ3) is 2.82. The summed E-state index contributed by atoms with van der Waals surface area (Å²) in [7, 11) is 0. The molecule has 0 bridgehead atoms. The molecule has 0 unspecified atom stereocenters. The Hall–Kier alpha value is -3.20. The van der Waals surface area contributed by atoms with Gasteiger partial charge in [-0.25, -0.2) is 0 Å². The number of fused-ring (bicyclic) bond motifs is 4. The van der Waals surface area contributed by atoms with E-state index in [2.05, 4.69) is 141 Å². The van der Waals surface area contributed by atoms with Gasteiger partial charge >= 0.3 is 0 Å². The quantitative estimate of drug-likeness (QED) is 0.197. The third-order valence-corrected chi connectivity index (χ3v) is 8.16. The van der Waals surface area contributed by atoms with Gasteiger partial charge in [0.05, 0.1) is 0 Å². The van der Waals surface area contributed by atoms with Crippen LogP contribution in [-0.4, -0.2) is 0 Å². The Morgan fingerprint density at radius 1 is 0.382 bits per heavy atom.